The van der Waals surface area contributed by atoms with Gasteiger partial charge in [0.15, 0.2) is 0 Å². The second kappa shape index (κ2) is 6.32. The van der Waals surface area contributed by atoms with Gasteiger partial charge in [0.2, 0.25) is 5.67 Å². The molecule has 2 atom stereocenters. The monoisotopic (exact) mass is 335 g/mol. The molecule has 2 unspecified atom stereocenters. The summed E-state index contributed by atoms with van der Waals surface area (Å²) in [4.78, 5) is 11.0. The molecule has 0 amide bonds. The number of nitrogens with one attached hydrogen (secondary N) is 1. The van der Waals surface area contributed by atoms with E-state index in [0.29, 0.717) is 13.0 Å². The summed E-state index contributed by atoms with van der Waals surface area (Å²) >= 11 is 0. The van der Waals surface area contributed by atoms with Gasteiger partial charge in [-0.15, -0.1) is 0 Å². The quantitative estimate of drug-likeness (QED) is 0.881. The van der Waals surface area contributed by atoms with Crippen LogP contribution in [-0.2, 0) is 18.4 Å². The average molecular weight is 335 g/mol. The Kier molecular flexibility index (Phi) is 4.36. The van der Waals surface area contributed by atoms with Crippen molar-refractivity contribution in [2.24, 2.45) is 7.05 Å². The van der Waals surface area contributed by atoms with Gasteiger partial charge in [-0.3, -0.25) is 4.68 Å². The van der Waals surface area contributed by atoms with Gasteiger partial charge < -0.3 is 10.4 Å². The Morgan fingerprint density at radius 3 is 2.79 bits per heavy atom. The molecule has 0 aliphatic heterocycles. The lowest BCUT2D eigenvalue weighted by molar-refractivity contribution is -0.150. The first-order chi connectivity index (χ1) is 11.4. The van der Waals surface area contributed by atoms with E-state index in [1.807, 2.05) is 6.20 Å². The van der Waals surface area contributed by atoms with E-state index in [1.54, 1.807) is 23.9 Å². The molecule has 3 rings (SSSR count). The number of hydrogen-bond donors (Lipinski definition) is 2. The molecule has 2 N–H and O–H groups in total. The van der Waals surface area contributed by atoms with E-state index in [9.17, 15) is 13.6 Å². The molecule has 0 bridgehead atoms. The molecule has 1 aliphatic carbocycles. The Morgan fingerprint density at radius 1 is 1.46 bits per heavy atom. The Labute approximate surface area is 138 Å². The van der Waals surface area contributed by atoms with Gasteiger partial charge in [0.1, 0.15) is 5.82 Å². The maximum absolute atomic E-state index is 14.1. The average Bonchev–Trinajstić information content (AvgIpc) is 3.10. The third kappa shape index (κ3) is 3.31. The minimum Gasteiger partial charge on any atom is -0.479 e. The van der Waals surface area contributed by atoms with Gasteiger partial charge in [0, 0.05) is 43.4 Å². The van der Waals surface area contributed by atoms with Crippen LogP contribution >= 0.6 is 0 Å². The number of rotatable bonds is 5. The molecule has 24 heavy (non-hydrogen) atoms. The third-order valence-electron chi connectivity index (χ3n) is 4.45. The van der Waals surface area contributed by atoms with Crippen LogP contribution in [0.5, 0.6) is 0 Å². The van der Waals surface area contributed by atoms with Crippen molar-refractivity contribution in [1.82, 2.24) is 15.1 Å². The Hall–Kier alpha value is -2.28. The van der Waals surface area contributed by atoms with Crippen molar-refractivity contribution < 1.29 is 18.7 Å². The minimum atomic E-state index is -2.13. The SMILES string of the molecule is Cn1cc(CNC2CCC(F)(C(=O)O)C2)c(-c2ccc(F)cc2)n1. The number of hydrogen-bond acceptors (Lipinski definition) is 3. The summed E-state index contributed by atoms with van der Waals surface area (Å²) in [7, 11) is 1.79. The molecule has 1 saturated carbocycles. The second-order valence-corrected chi connectivity index (χ2v) is 6.27. The van der Waals surface area contributed by atoms with E-state index in [2.05, 4.69) is 10.4 Å². The summed E-state index contributed by atoms with van der Waals surface area (Å²) < 4.78 is 28.9. The Bertz CT molecular complexity index is 745. The molecule has 0 spiro atoms. The largest absolute Gasteiger partial charge is 0.479 e. The van der Waals surface area contributed by atoms with E-state index in [0.717, 1.165) is 16.8 Å². The van der Waals surface area contributed by atoms with Crippen LogP contribution in [0, 0.1) is 5.82 Å². The molecule has 1 aliphatic rings. The molecule has 2 aromatic rings. The van der Waals surface area contributed by atoms with Gasteiger partial charge in [0.05, 0.1) is 5.69 Å². The zero-order valence-electron chi connectivity index (χ0n) is 13.3. The maximum Gasteiger partial charge on any atom is 0.341 e. The summed E-state index contributed by atoms with van der Waals surface area (Å²) in [5.74, 6) is -1.70. The summed E-state index contributed by atoms with van der Waals surface area (Å²) in [6.45, 7) is 0.445. The molecular weight excluding hydrogens is 316 g/mol. The number of aryl methyl sites for hydroxylation is 1. The fourth-order valence-corrected chi connectivity index (χ4v) is 3.14. The number of carboxylic acid groups (broad SMARTS) is 1. The fourth-order valence-electron chi connectivity index (χ4n) is 3.14. The smallest absolute Gasteiger partial charge is 0.341 e. The first kappa shape index (κ1) is 16.6. The van der Waals surface area contributed by atoms with Crippen LogP contribution in [0.25, 0.3) is 11.3 Å². The van der Waals surface area contributed by atoms with Crippen LogP contribution in [0.1, 0.15) is 24.8 Å². The predicted octanol–water partition coefficient (Wildman–Crippen LogP) is 2.66. The van der Waals surface area contributed by atoms with Crippen molar-refractivity contribution in [3.8, 4) is 11.3 Å². The lowest BCUT2D eigenvalue weighted by Crippen LogP contribution is -2.34. The highest BCUT2D eigenvalue weighted by molar-refractivity contribution is 5.77. The van der Waals surface area contributed by atoms with Crippen LogP contribution in [0.15, 0.2) is 30.5 Å². The number of alkyl halides is 1. The van der Waals surface area contributed by atoms with Crippen LogP contribution < -0.4 is 5.32 Å². The maximum atomic E-state index is 14.1. The van der Waals surface area contributed by atoms with Crippen molar-refractivity contribution >= 4 is 5.97 Å². The molecule has 1 aromatic heterocycles. The van der Waals surface area contributed by atoms with Crippen LogP contribution in [0.4, 0.5) is 8.78 Å². The van der Waals surface area contributed by atoms with Crippen molar-refractivity contribution in [2.75, 3.05) is 0 Å². The number of carbonyl (C=O) groups is 1. The Morgan fingerprint density at radius 2 is 2.17 bits per heavy atom. The molecule has 0 saturated heterocycles. The van der Waals surface area contributed by atoms with Gasteiger partial charge in [0.25, 0.3) is 0 Å². The molecule has 0 radical (unpaired) electrons. The summed E-state index contributed by atoms with van der Waals surface area (Å²) in [5.41, 5.74) is 0.293. The number of benzene rings is 1. The molecule has 7 heteroatoms. The zero-order valence-corrected chi connectivity index (χ0v) is 13.3. The van der Waals surface area contributed by atoms with Gasteiger partial charge in [-0.1, -0.05) is 0 Å². The number of nitrogens with zero attached hydrogens (tertiary/aromatic N) is 2. The van der Waals surface area contributed by atoms with Crippen molar-refractivity contribution in [1.29, 1.82) is 0 Å². The molecule has 5 nitrogen and oxygen atoms in total. The molecular formula is C17H19F2N3O2. The summed E-state index contributed by atoms with van der Waals surface area (Å²) in [5, 5.41) is 16.6. The zero-order chi connectivity index (χ0) is 17.3. The van der Waals surface area contributed by atoms with Gasteiger partial charge in [-0.2, -0.15) is 5.10 Å². The molecule has 1 aromatic carbocycles. The minimum absolute atomic E-state index is 0.0257. The van der Waals surface area contributed by atoms with E-state index >= 15 is 0 Å². The molecule has 1 heterocycles. The van der Waals surface area contributed by atoms with E-state index in [-0.39, 0.29) is 24.7 Å². The van der Waals surface area contributed by atoms with E-state index < -0.39 is 11.6 Å². The van der Waals surface area contributed by atoms with Gasteiger partial charge in [-0.25, -0.2) is 13.6 Å². The molecule has 128 valence electrons. The highest BCUT2D eigenvalue weighted by atomic mass is 19.1. The first-order valence-corrected chi connectivity index (χ1v) is 7.81. The van der Waals surface area contributed by atoms with Crippen LogP contribution in [-0.4, -0.2) is 32.6 Å². The summed E-state index contributed by atoms with van der Waals surface area (Å²) in [6.07, 6.45) is 2.32. The highest BCUT2D eigenvalue weighted by Gasteiger charge is 2.45. The standard InChI is InChI=1S/C17H19F2N3O2/c1-22-10-12(15(21-22)11-2-4-13(18)5-3-11)9-20-14-6-7-17(19,8-14)16(23)24/h2-5,10,14,20H,6-9H2,1H3,(H,23,24). The Balaban J connectivity index is 1.70. The van der Waals surface area contributed by atoms with Crippen molar-refractivity contribution in [2.45, 2.75) is 37.5 Å². The van der Waals surface area contributed by atoms with Crippen molar-refractivity contribution in [3.05, 3.63) is 41.8 Å². The van der Waals surface area contributed by atoms with E-state index in [1.165, 1.54) is 12.1 Å². The van der Waals surface area contributed by atoms with Crippen molar-refractivity contribution in [3.63, 3.8) is 0 Å². The van der Waals surface area contributed by atoms with Gasteiger partial charge in [-0.05, 0) is 37.1 Å². The lowest BCUT2D eigenvalue weighted by Gasteiger charge is -2.15. The first-order valence-electron chi connectivity index (χ1n) is 7.81. The number of aliphatic carboxylic acids is 1. The molecule has 1 fully saturated rings. The lowest BCUT2D eigenvalue weighted by atomic mass is 10.0. The number of halogens is 2. The number of aromatic nitrogens is 2. The van der Waals surface area contributed by atoms with E-state index in [4.69, 9.17) is 5.11 Å². The normalized spacial score (nSPS) is 23.5. The van der Waals surface area contributed by atoms with Crippen LogP contribution in [0.3, 0.4) is 0 Å². The fraction of sp³-hybridized carbons (Fsp3) is 0.412. The van der Waals surface area contributed by atoms with Crippen LogP contribution in [0.2, 0.25) is 0 Å². The topological polar surface area (TPSA) is 67.2 Å². The predicted molar refractivity (Wildman–Crippen MR) is 84.6 cm³/mol. The summed E-state index contributed by atoms with van der Waals surface area (Å²) in [6, 6.07) is 5.89. The number of carboxylic acids is 1. The van der Waals surface area contributed by atoms with Gasteiger partial charge >= 0.3 is 5.97 Å². The third-order valence-corrected chi connectivity index (χ3v) is 4.45. The highest BCUT2D eigenvalue weighted by Crippen LogP contribution is 2.34. The second-order valence-electron chi connectivity index (χ2n) is 6.27.